The number of aromatic nitrogens is 4. The van der Waals surface area contributed by atoms with Gasteiger partial charge >= 0.3 is 0 Å². The Balaban J connectivity index is 1.58. The monoisotopic (exact) mass is 313 g/mol. The Bertz CT molecular complexity index is 673. The summed E-state index contributed by atoms with van der Waals surface area (Å²) in [6, 6.07) is 8.17. The molecule has 0 aliphatic heterocycles. The molecule has 1 fully saturated rings. The number of nitrogens with one attached hydrogen (secondary N) is 1. The van der Waals surface area contributed by atoms with Gasteiger partial charge < -0.3 is 5.32 Å². The lowest BCUT2D eigenvalue weighted by atomic mass is 9.87. The number of hydrogen-bond donors (Lipinski definition) is 1. The number of carbonyl (C=O) groups excluding carboxylic acids is 1. The lowest BCUT2D eigenvalue weighted by Gasteiger charge is -2.26. The molecule has 1 aliphatic carbocycles. The van der Waals surface area contributed by atoms with Gasteiger partial charge in [-0.1, -0.05) is 31.2 Å². The highest BCUT2D eigenvalue weighted by Crippen LogP contribution is 2.23. The average Bonchev–Trinajstić information content (AvgIpc) is 2.98. The molecular weight excluding hydrogens is 290 g/mol. The lowest BCUT2D eigenvalue weighted by Crippen LogP contribution is -2.39. The molecule has 1 amide bonds. The first kappa shape index (κ1) is 15.6. The number of tetrazole rings is 1. The van der Waals surface area contributed by atoms with Gasteiger partial charge in [0.15, 0.2) is 0 Å². The average molecular weight is 313 g/mol. The van der Waals surface area contributed by atoms with Crippen molar-refractivity contribution in [3.05, 3.63) is 29.8 Å². The minimum Gasteiger partial charge on any atom is -0.352 e. The van der Waals surface area contributed by atoms with Crippen molar-refractivity contribution in [3.8, 4) is 11.4 Å². The summed E-state index contributed by atoms with van der Waals surface area (Å²) >= 11 is 0. The standard InChI is InChI=1S/C17H23N5O/c1-12-7-9-14(10-8-12)18-16(23)11-22-20-17(19-21-22)15-6-4-3-5-13(15)2/h3-6,12,14H,7-11H2,1-2H3,(H,18,23). The molecule has 2 aromatic rings. The zero-order chi connectivity index (χ0) is 16.2. The molecule has 0 saturated heterocycles. The van der Waals surface area contributed by atoms with Crippen LogP contribution in [0, 0.1) is 12.8 Å². The van der Waals surface area contributed by atoms with Crippen LogP contribution in [-0.4, -0.2) is 32.2 Å². The van der Waals surface area contributed by atoms with Crippen molar-refractivity contribution in [1.82, 2.24) is 25.5 Å². The molecule has 1 aromatic carbocycles. The van der Waals surface area contributed by atoms with Crippen LogP contribution in [-0.2, 0) is 11.3 Å². The highest BCUT2D eigenvalue weighted by atomic mass is 16.2. The number of rotatable bonds is 4. The maximum Gasteiger partial charge on any atom is 0.243 e. The van der Waals surface area contributed by atoms with Gasteiger partial charge in [-0.3, -0.25) is 4.79 Å². The Labute approximate surface area is 136 Å². The van der Waals surface area contributed by atoms with Crippen molar-refractivity contribution in [2.75, 3.05) is 0 Å². The molecule has 6 nitrogen and oxygen atoms in total. The topological polar surface area (TPSA) is 72.7 Å². The highest BCUT2D eigenvalue weighted by molar-refractivity contribution is 5.75. The number of carbonyl (C=O) groups is 1. The fourth-order valence-electron chi connectivity index (χ4n) is 3.05. The van der Waals surface area contributed by atoms with E-state index in [2.05, 4.69) is 27.7 Å². The number of nitrogens with zero attached hydrogens (tertiary/aromatic N) is 4. The normalized spacial score (nSPS) is 21.1. The van der Waals surface area contributed by atoms with Crippen LogP contribution in [0.5, 0.6) is 0 Å². The predicted octanol–water partition coefficient (Wildman–Crippen LogP) is 2.34. The molecule has 122 valence electrons. The third-order valence-electron chi connectivity index (χ3n) is 4.50. The van der Waals surface area contributed by atoms with E-state index in [0.29, 0.717) is 5.82 Å². The maximum absolute atomic E-state index is 12.1. The van der Waals surface area contributed by atoms with Crippen molar-refractivity contribution >= 4 is 5.91 Å². The van der Waals surface area contributed by atoms with Gasteiger partial charge in [-0.05, 0) is 49.3 Å². The summed E-state index contributed by atoms with van der Waals surface area (Å²) in [5.41, 5.74) is 2.04. The van der Waals surface area contributed by atoms with Crippen molar-refractivity contribution in [3.63, 3.8) is 0 Å². The summed E-state index contributed by atoms with van der Waals surface area (Å²) in [6.07, 6.45) is 4.49. The fraction of sp³-hybridized carbons (Fsp3) is 0.529. The minimum atomic E-state index is -0.0433. The summed E-state index contributed by atoms with van der Waals surface area (Å²) < 4.78 is 0. The van der Waals surface area contributed by atoms with Gasteiger partial charge in [0, 0.05) is 11.6 Å². The quantitative estimate of drug-likeness (QED) is 0.940. The zero-order valence-electron chi connectivity index (χ0n) is 13.7. The van der Waals surface area contributed by atoms with Crippen molar-refractivity contribution < 1.29 is 4.79 Å². The minimum absolute atomic E-state index is 0.0433. The van der Waals surface area contributed by atoms with Gasteiger partial charge in [0.25, 0.3) is 0 Å². The largest absolute Gasteiger partial charge is 0.352 e. The van der Waals surface area contributed by atoms with E-state index in [-0.39, 0.29) is 18.5 Å². The van der Waals surface area contributed by atoms with Gasteiger partial charge in [-0.2, -0.15) is 4.80 Å². The first-order valence-corrected chi connectivity index (χ1v) is 8.25. The van der Waals surface area contributed by atoms with Gasteiger partial charge in [0.05, 0.1) is 0 Å². The molecule has 6 heteroatoms. The maximum atomic E-state index is 12.1. The molecule has 1 heterocycles. The summed E-state index contributed by atoms with van der Waals surface area (Å²) in [5, 5.41) is 15.5. The van der Waals surface area contributed by atoms with E-state index in [1.54, 1.807) is 0 Å². The van der Waals surface area contributed by atoms with Gasteiger partial charge in [-0.25, -0.2) is 0 Å². The Morgan fingerprint density at radius 2 is 2.00 bits per heavy atom. The highest BCUT2D eigenvalue weighted by Gasteiger charge is 2.20. The van der Waals surface area contributed by atoms with Crippen LogP contribution in [0.1, 0.15) is 38.2 Å². The molecule has 1 N–H and O–H groups in total. The SMILES string of the molecule is Cc1ccccc1-c1nnn(CC(=O)NC2CCC(C)CC2)n1. The van der Waals surface area contributed by atoms with Gasteiger partial charge in [-0.15, -0.1) is 10.2 Å². The van der Waals surface area contributed by atoms with Crippen LogP contribution in [0.4, 0.5) is 0 Å². The molecule has 0 bridgehead atoms. The summed E-state index contributed by atoms with van der Waals surface area (Å²) in [5.74, 6) is 1.29. The Morgan fingerprint density at radius 1 is 1.26 bits per heavy atom. The summed E-state index contributed by atoms with van der Waals surface area (Å²) in [4.78, 5) is 13.5. The zero-order valence-corrected chi connectivity index (χ0v) is 13.7. The Hall–Kier alpha value is -2.24. The summed E-state index contributed by atoms with van der Waals surface area (Å²) in [6.45, 7) is 4.39. The summed E-state index contributed by atoms with van der Waals surface area (Å²) in [7, 11) is 0. The van der Waals surface area contributed by atoms with E-state index in [0.717, 1.165) is 29.9 Å². The van der Waals surface area contributed by atoms with Gasteiger partial charge in [0.1, 0.15) is 6.54 Å². The third kappa shape index (κ3) is 3.94. The lowest BCUT2D eigenvalue weighted by molar-refractivity contribution is -0.123. The molecule has 1 saturated carbocycles. The van der Waals surface area contributed by atoms with E-state index in [1.165, 1.54) is 17.6 Å². The van der Waals surface area contributed by atoms with Crippen LogP contribution in [0.2, 0.25) is 0 Å². The van der Waals surface area contributed by atoms with E-state index >= 15 is 0 Å². The van der Waals surface area contributed by atoms with Crippen molar-refractivity contribution in [1.29, 1.82) is 0 Å². The third-order valence-corrected chi connectivity index (χ3v) is 4.50. The second-order valence-corrected chi connectivity index (χ2v) is 6.48. The molecule has 0 unspecified atom stereocenters. The van der Waals surface area contributed by atoms with Crippen molar-refractivity contribution in [2.24, 2.45) is 5.92 Å². The van der Waals surface area contributed by atoms with E-state index in [9.17, 15) is 4.79 Å². The van der Waals surface area contributed by atoms with E-state index in [1.807, 2.05) is 31.2 Å². The fourth-order valence-corrected chi connectivity index (χ4v) is 3.05. The molecule has 0 spiro atoms. The number of benzene rings is 1. The van der Waals surface area contributed by atoms with E-state index < -0.39 is 0 Å². The number of hydrogen-bond acceptors (Lipinski definition) is 4. The van der Waals surface area contributed by atoms with Crippen molar-refractivity contribution in [2.45, 2.75) is 52.1 Å². The molecule has 3 rings (SSSR count). The molecule has 1 aromatic heterocycles. The second kappa shape index (κ2) is 6.89. The van der Waals surface area contributed by atoms with Crippen LogP contribution < -0.4 is 5.32 Å². The number of amides is 1. The predicted molar refractivity (Wildman–Crippen MR) is 87.6 cm³/mol. The Kier molecular flexibility index (Phi) is 4.69. The van der Waals surface area contributed by atoms with Crippen LogP contribution in [0.3, 0.4) is 0 Å². The molecular formula is C17H23N5O. The smallest absolute Gasteiger partial charge is 0.243 e. The first-order chi connectivity index (χ1) is 11.1. The molecule has 1 aliphatic rings. The molecule has 23 heavy (non-hydrogen) atoms. The molecule has 0 radical (unpaired) electrons. The van der Waals surface area contributed by atoms with Crippen LogP contribution in [0.15, 0.2) is 24.3 Å². The number of aryl methyl sites for hydroxylation is 1. The van der Waals surface area contributed by atoms with Crippen LogP contribution >= 0.6 is 0 Å². The molecule has 0 atom stereocenters. The van der Waals surface area contributed by atoms with Crippen LogP contribution in [0.25, 0.3) is 11.4 Å². The Morgan fingerprint density at radius 3 is 2.74 bits per heavy atom. The van der Waals surface area contributed by atoms with E-state index in [4.69, 9.17) is 0 Å². The van der Waals surface area contributed by atoms with Gasteiger partial charge in [0.2, 0.25) is 11.7 Å². The first-order valence-electron chi connectivity index (χ1n) is 8.25. The second-order valence-electron chi connectivity index (χ2n) is 6.48.